The highest BCUT2D eigenvalue weighted by Crippen LogP contribution is 2.34. The Bertz CT molecular complexity index is 585. The summed E-state index contributed by atoms with van der Waals surface area (Å²) in [5.41, 5.74) is 1.95. The standard InChI is InChI=1S/C17H18FNO/c18-15-9-4-8-14(17(15)20)12-19-11-5-10-16(19)13-6-2-1-3-7-13/h1-4,6-9,16,20H,5,10-12H2. The van der Waals surface area contributed by atoms with Crippen molar-refractivity contribution in [3.8, 4) is 5.75 Å². The molecule has 2 aromatic rings. The Morgan fingerprint density at radius 1 is 1.10 bits per heavy atom. The summed E-state index contributed by atoms with van der Waals surface area (Å²) < 4.78 is 13.4. The Kier molecular flexibility index (Phi) is 3.70. The molecule has 3 heteroatoms. The number of hydrogen-bond donors (Lipinski definition) is 1. The molecule has 20 heavy (non-hydrogen) atoms. The van der Waals surface area contributed by atoms with Crippen molar-refractivity contribution in [2.24, 2.45) is 0 Å². The van der Waals surface area contributed by atoms with Gasteiger partial charge in [0.2, 0.25) is 0 Å². The number of para-hydroxylation sites is 1. The van der Waals surface area contributed by atoms with Crippen LogP contribution in [0.2, 0.25) is 0 Å². The largest absolute Gasteiger partial charge is 0.505 e. The van der Waals surface area contributed by atoms with E-state index < -0.39 is 5.82 Å². The molecule has 0 bridgehead atoms. The topological polar surface area (TPSA) is 23.5 Å². The number of aromatic hydroxyl groups is 1. The van der Waals surface area contributed by atoms with Crippen LogP contribution in [0.5, 0.6) is 5.75 Å². The van der Waals surface area contributed by atoms with E-state index in [1.54, 1.807) is 12.1 Å². The van der Waals surface area contributed by atoms with Crippen LogP contribution in [0.15, 0.2) is 48.5 Å². The third-order valence-corrected chi connectivity index (χ3v) is 3.99. The molecule has 104 valence electrons. The van der Waals surface area contributed by atoms with Crippen LogP contribution in [-0.2, 0) is 6.54 Å². The molecule has 1 atom stereocenters. The van der Waals surface area contributed by atoms with E-state index in [2.05, 4.69) is 17.0 Å². The predicted molar refractivity (Wildman–Crippen MR) is 76.9 cm³/mol. The molecule has 1 heterocycles. The van der Waals surface area contributed by atoms with Gasteiger partial charge >= 0.3 is 0 Å². The monoisotopic (exact) mass is 271 g/mol. The average molecular weight is 271 g/mol. The fourth-order valence-corrected chi connectivity index (χ4v) is 2.97. The van der Waals surface area contributed by atoms with Gasteiger partial charge < -0.3 is 5.11 Å². The molecule has 1 aliphatic heterocycles. The van der Waals surface area contributed by atoms with E-state index >= 15 is 0 Å². The summed E-state index contributed by atoms with van der Waals surface area (Å²) in [6.07, 6.45) is 2.25. The Morgan fingerprint density at radius 2 is 1.90 bits per heavy atom. The fourth-order valence-electron chi connectivity index (χ4n) is 2.97. The maximum absolute atomic E-state index is 13.4. The van der Waals surface area contributed by atoms with E-state index in [-0.39, 0.29) is 5.75 Å². The lowest BCUT2D eigenvalue weighted by atomic mass is 10.0. The van der Waals surface area contributed by atoms with Gasteiger partial charge in [0.1, 0.15) is 0 Å². The summed E-state index contributed by atoms with van der Waals surface area (Å²) in [4.78, 5) is 2.31. The highest BCUT2D eigenvalue weighted by molar-refractivity contribution is 5.33. The van der Waals surface area contributed by atoms with Crippen molar-refractivity contribution < 1.29 is 9.50 Å². The minimum absolute atomic E-state index is 0.216. The van der Waals surface area contributed by atoms with E-state index in [1.807, 2.05) is 18.2 Å². The summed E-state index contributed by atoms with van der Waals surface area (Å²) in [6, 6.07) is 15.5. The van der Waals surface area contributed by atoms with Crippen LogP contribution < -0.4 is 0 Å². The van der Waals surface area contributed by atoms with Crippen molar-refractivity contribution in [2.75, 3.05) is 6.54 Å². The summed E-state index contributed by atoms with van der Waals surface area (Å²) in [7, 11) is 0. The van der Waals surface area contributed by atoms with Gasteiger partial charge in [-0.2, -0.15) is 0 Å². The third kappa shape index (κ3) is 2.54. The van der Waals surface area contributed by atoms with Gasteiger partial charge in [-0.05, 0) is 31.0 Å². The first-order chi connectivity index (χ1) is 9.75. The quantitative estimate of drug-likeness (QED) is 0.916. The molecule has 0 aromatic heterocycles. The van der Waals surface area contributed by atoms with E-state index in [9.17, 15) is 9.50 Å². The Balaban J connectivity index is 1.81. The van der Waals surface area contributed by atoms with Crippen LogP contribution in [0.3, 0.4) is 0 Å². The number of rotatable bonds is 3. The minimum atomic E-state index is -0.544. The third-order valence-electron chi connectivity index (χ3n) is 3.99. The van der Waals surface area contributed by atoms with Crippen molar-refractivity contribution in [3.05, 3.63) is 65.5 Å². The highest BCUT2D eigenvalue weighted by Gasteiger charge is 2.26. The van der Waals surface area contributed by atoms with Gasteiger partial charge in [-0.15, -0.1) is 0 Å². The minimum Gasteiger partial charge on any atom is -0.505 e. The van der Waals surface area contributed by atoms with Crippen molar-refractivity contribution in [1.29, 1.82) is 0 Å². The molecule has 1 N–H and O–H groups in total. The molecule has 0 amide bonds. The molecule has 1 saturated heterocycles. The first-order valence-corrected chi connectivity index (χ1v) is 7.01. The number of hydrogen-bond acceptors (Lipinski definition) is 2. The highest BCUT2D eigenvalue weighted by atomic mass is 19.1. The second kappa shape index (κ2) is 5.63. The molecule has 1 fully saturated rings. The molecular weight excluding hydrogens is 253 g/mol. The lowest BCUT2D eigenvalue weighted by Gasteiger charge is -2.25. The second-order valence-electron chi connectivity index (χ2n) is 5.29. The van der Waals surface area contributed by atoms with Crippen LogP contribution in [0.4, 0.5) is 4.39 Å². The zero-order valence-electron chi connectivity index (χ0n) is 11.3. The van der Waals surface area contributed by atoms with E-state index in [0.717, 1.165) is 19.4 Å². The van der Waals surface area contributed by atoms with Gasteiger partial charge in [0.25, 0.3) is 0 Å². The molecule has 1 aliphatic rings. The summed E-state index contributed by atoms with van der Waals surface area (Å²) in [6.45, 7) is 1.57. The van der Waals surface area contributed by atoms with Crippen LogP contribution in [0, 0.1) is 5.82 Å². The van der Waals surface area contributed by atoms with Gasteiger partial charge in [0.15, 0.2) is 11.6 Å². The molecule has 0 saturated carbocycles. The maximum atomic E-state index is 13.4. The van der Waals surface area contributed by atoms with Gasteiger partial charge in [-0.1, -0.05) is 42.5 Å². The van der Waals surface area contributed by atoms with Crippen molar-refractivity contribution >= 4 is 0 Å². The molecule has 0 aliphatic carbocycles. The van der Waals surface area contributed by atoms with Crippen LogP contribution in [0.1, 0.15) is 30.0 Å². The summed E-state index contributed by atoms with van der Waals surface area (Å²) in [5.74, 6) is -0.760. The Labute approximate surface area is 118 Å². The van der Waals surface area contributed by atoms with Gasteiger partial charge in [0, 0.05) is 18.2 Å². The number of phenolic OH excluding ortho intramolecular Hbond substituents is 1. The fraction of sp³-hybridized carbons (Fsp3) is 0.294. The summed E-state index contributed by atoms with van der Waals surface area (Å²) in [5, 5.41) is 9.81. The molecular formula is C17H18FNO. The summed E-state index contributed by atoms with van der Waals surface area (Å²) >= 11 is 0. The average Bonchev–Trinajstić information content (AvgIpc) is 2.93. The van der Waals surface area contributed by atoms with Crippen molar-refractivity contribution in [3.63, 3.8) is 0 Å². The SMILES string of the molecule is Oc1c(F)cccc1CN1CCCC1c1ccccc1. The first kappa shape index (κ1) is 13.1. The number of nitrogens with zero attached hydrogens (tertiary/aromatic N) is 1. The predicted octanol–water partition coefficient (Wildman–Crippen LogP) is 3.87. The van der Waals surface area contributed by atoms with Crippen LogP contribution in [-0.4, -0.2) is 16.6 Å². The van der Waals surface area contributed by atoms with Gasteiger partial charge in [0.05, 0.1) is 0 Å². The normalized spacial score (nSPS) is 19.4. The molecule has 0 spiro atoms. The smallest absolute Gasteiger partial charge is 0.165 e. The zero-order chi connectivity index (χ0) is 13.9. The molecule has 2 nitrogen and oxygen atoms in total. The molecule has 2 aromatic carbocycles. The van der Waals surface area contributed by atoms with Crippen molar-refractivity contribution in [1.82, 2.24) is 4.90 Å². The number of halogens is 1. The number of benzene rings is 2. The lowest BCUT2D eigenvalue weighted by Crippen LogP contribution is -2.22. The number of phenols is 1. The Morgan fingerprint density at radius 3 is 2.70 bits per heavy atom. The first-order valence-electron chi connectivity index (χ1n) is 7.01. The van der Waals surface area contributed by atoms with Crippen LogP contribution >= 0.6 is 0 Å². The maximum Gasteiger partial charge on any atom is 0.165 e. The zero-order valence-corrected chi connectivity index (χ0v) is 11.3. The molecule has 1 unspecified atom stereocenters. The number of likely N-dealkylation sites (tertiary alicyclic amines) is 1. The van der Waals surface area contributed by atoms with Gasteiger partial charge in [-0.25, -0.2) is 4.39 Å². The molecule has 3 rings (SSSR count). The van der Waals surface area contributed by atoms with Gasteiger partial charge in [-0.3, -0.25) is 4.90 Å². The molecule has 0 radical (unpaired) electrons. The van der Waals surface area contributed by atoms with E-state index in [4.69, 9.17) is 0 Å². The lowest BCUT2D eigenvalue weighted by molar-refractivity contribution is 0.244. The van der Waals surface area contributed by atoms with E-state index in [0.29, 0.717) is 18.2 Å². The Hall–Kier alpha value is -1.87. The van der Waals surface area contributed by atoms with Crippen LogP contribution in [0.25, 0.3) is 0 Å². The van der Waals surface area contributed by atoms with Crippen molar-refractivity contribution in [2.45, 2.75) is 25.4 Å². The van der Waals surface area contributed by atoms with E-state index in [1.165, 1.54) is 11.6 Å². The second-order valence-corrected chi connectivity index (χ2v) is 5.29.